The molecule has 0 saturated carbocycles. The number of imide groups is 2. The number of carbonyl (C=O) groups is 3. The van der Waals surface area contributed by atoms with Gasteiger partial charge >= 0.3 is 6.03 Å². The summed E-state index contributed by atoms with van der Waals surface area (Å²) in [6.07, 6.45) is 2.15. The Morgan fingerprint density at radius 1 is 0.974 bits per heavy atom. The number of anilines is 1. The highest BCUT2D eigenvalue weighted by atomic mass is 16.2. The van der Waals surface area contributed by atoms with Crippen LogP contribution in [0.3, 0.4) is 0 Å². The van der Waals surface area contributed by atoms with Crippen LogP contribution in [-0.4, -0.2) is 38.7 Å². The topological polar surface area (TPSA) is 104 Å². The highest BCUT2D eigenvalue weighted by Crippen LogP contribution is 2.52. The summed E-state index contributed by atoms with van der Waals surface area (Å²) < 4.78 is 1.47. The molecule has 194 valence electrons. The number of hydrogen-bond donors (Lipinski definition) is 1. The molecule has 2 atom stereocenters. The van der Waals surface area contributed by atoms with E-state index in [1.807, 2.05) is 72.5 Å². The van der Waals surface area contributed by atoms with Gasteiger partial charge in [-0.3, -0.25) is 29.0 Å². The van der Waals surface area contributed by atoms with Gasteiger partial charge in [-0.15, -0.1) is 0 Å². The fraction of sp³-hybridized carbons (Fsp3) is 0.233. The van der Waals surface area contributed by atoms with Crippen molar-refractivity contribution in [3.63, 3.8) is 0 Å². The number of aryl methyl sites for hydroxylation is 1. The predicted octanol–water partition coefficient (Wildman–Crippen LogP) is 2.93. The highest BCUT2D eigenvalue weighted by Gasteiger charge is 2.64. The maximum atomic E-state index is 14.5. The number of hydrogen-bond acceptors (Lipinski definition) is 6. The van der Waals surface area contributed by atoms with Gasteiger partial charge in [0.25, 0.3) is 5.56 Å². The Hall–Kier alpha value is -4.79. The highest BCUT2D eigenvalue weighted by molar-refractivity contribution is 6.20. The molecular formula is C30H25N5O4. The minimum absolute atomic E-state index is 0.00983. The van der Waals surface area contributed by atoms with E-state index in [4.69, 9.17) is 4.98 Å². The first-order chi connectivity index (χ1) is 18.9. The lowest BCUT2D eigenvalue weighted by Crippen LogP contribution is -2.70. The van der Waals surface area contributed by atoms with Gasteiger partial charge in [-0.1, -0.05) is 60.7 Å². The molecule has 7 rings (SSSR count). The molecule has 1 spiro atoms. The van der Waals surface area contributed by atoms with E-state index in [1.165, 1.54) is 4.40 Å². The summed E-state index contributed by atoms with van der Waals surface area (Å²) in [7, 11) is 0. The van der Waals surface area contributed by atoms with Crippen LogP contribution in [0.25, 0.3) is 5.65 Å². The Morgan fingerprint density at radius 2 is 1.74 bits per heavy atom. The molecule has 1 N–H and O–H groups in total. The lowest BCUT2D eigenvalue weighted by Gasteiger charge is -2.53. The molecule has 39 heavy (non-hydrogen) atoms. The van der Waals surface area contributed by atoms with Crippen molar-refractivity contribution in [1.29, 1.82) is 0 Å². The molecule has 2 aromatic carbocycles. The molecule has 5 heterocycles. The Morgan fingerprint density at radius 3 is 2.56 bits per heavy atom. The summed E-state index contributed by atoms with van der Waals surface area (Å²) >= 11 is 0. The van der Waals surface area contributed by atoms with Gasteiger partial charge in [0, 0.05) is 19.2 Å². The molecule has 0 unspecified atom stereocenters. The minimum atomic E-state index is -1.73. The largest absolute Gasteiger partial charge is 0.347 e. The SMILES string of the molecule is Cc1cccn2c(=O)c3c(nc12)N1CCc2ccccc2[C@H]1[C@@]1(C3)C(=O)NC(=O)N(Cc2ccccc2)C1=O. The van der Waals surface area contributed by atoms with E-state index >= 15 is 0 Å². The van der Waals surface area contributed by atoms with Gasteiger partial charge in [-0.25, -0.2) is 9.78 Å². The molecule has 3 aliphatic heterocycles. The van der Waals surface area contributed by atoms with Crippen molar-refractivity contribution in [2.75, 3.05) is 11.4 Å². The second-order valence-corrected chi connectivity index (χ2v) is 10.4. The van der Waals surface area contributed by atoms with Gasteiger partial charge in [0.2, 0.25) is 11.8 Å². The van der Waals surface area contributed by atoms with Crippen LogP contribution in [0.2, 0.25) is 0 Å². The van der Waals surface area contributed by atoms with E-state index in [9.17, 15) is 19.2 Å². The van der Waals surface area contributed by atoms with Crippen molar-refractivity contribution in [2.24, 2.45) is 5.41 Å². The van der Waals surface area contributed by atoms with E-state index in [2.05, 4.69) is 5.32 Å². The molecule has 9 heteroatoms. The first-order valence-corrected chi connectivity index (χ1v) is 13.0. The van der Waals surface area contributed by atoms with Crippen LogP contribution in [0.1, 0.15) is 33.9 Å². The fourth-order valence-corrected chi connectivity index (χ4v) is 6.43. The quantitative estimate of drug-likeness (QED) is 0.409. The standard InChI is InChI=1S/C30H25N5O4/c1-18-8-7-14-34-24(18)31-25-22(26(34)36)16-30(23-21-12-6-5-11-20(21)13-15-33(23)25)27(37)32-29(39)35(28(30)38)17-19-9-3-2-4-10-19/h2-12,14,23H,13,15-17H2,1H3,(H,32,37,39)/t23-,30-/m0/s1. The Balaban J connectivity index is 1.48. The second kappa shape index (κ2) is 8.36. The first kappa shape index (κ1) is 23.3. The first-order valence-electron chi connectivity index (χ1n) is 13.0. The maximum absolute atomic E-state index is 14.5. The minimum Gasteiger partial charge on any atom is -0.347 e. The lowest BCUT2D eigenvalue weighted by atomic mass is 9.65. The van der Waals surface area contributed by atoms with Crippen molar-refractivity contribution in [1.82, 2.24) is 19.6 Å². The fourth-order valence-electron chi connectivity index (χ4n) is 6.43. The molecule has 4 aromatic rings. The van der Waals surface area contributed by atoms with Crippen LogP contribution < -0.4 is 15.8 Å². The summed E-state index contributed by atoms with van der Waals surface area (Å²) in [6.45, 7) is 2.38. The van der Waals surface area contributed by atoms with Crippen LogP contribution in [-0.2, 0) is 29.0 Å². The summed E-state index contributed by atoms with van der Waals surface area (Å²) in [4.78, 5) is 63.4. The predicted molar refractivity (Wildman–Crippen MR) is 143 cm³/mol. The summed E-state index contributed by atoms with van der Waals surface area (Å²) in [6, 6.07) is 19.1. The Bertz CT molecular complexity index is 1760. The van der Waals surface area contributed by atoms with Gasteiger partial charge in [0.1, 0.15) is 11.5 Å². The molecule has 2 aromatic heterocycles. The lowest BCUT2D eigenvalue weighted by molar-refractivity contribution is -0.154. The number of aromatic nitrogens is 2. The number of carbonyl (C=O) groups excluding carboxylic acids is 3. The molecule has 4 amide bonds. The Kier molecular flexibility index (Phi) is 5.00. The molecular weight excluding hydrogens is 494 g/mol. The van der Waals surface area contributed by atoms with Crippen molar-refractivity contribution in [2.45, 2.75) is 32.4 Å². The zero-order valence-corrected chi connectivity index (χ0v) is 21.3. The summed E-state index contributed by atoms with van der Waals surface area (Å²) in [5.74, 6) is -0.800. The number of rotatable bonds is 2. The number of amides is 4. The number of urea groups is 1. The molecule has 0 bridgehead atoms. The van der Waals surface area contributed by atoms with Crippen LogP contribution in [0.5, 0.6) is 0 Å². The normalized spacial score (nSPS) is 22.0. The molecule has 0 aliphatic carbocycles. The van der Waals surface area contributed by atoms with Gasteiger partial charge < -0.3 is 4.90 Å². The number of barbiturate groups is 1. The van der Waals surface area contributed by atoms with E-state index < -0.39 is 29.3 Å². The average Bonchev–Trinajstić information content (AvgIpc) is 2.95. The maximum Gasteiger partial charge on any atom is 0.331 e. The van der Waals surface area contributed by atoms with Crippen molar-refractivity contribution < 1.29 is 14.4 Å². The van der Waals surface area contributed by atoms with Crippen LogP contribution >= 0.6 is 0 Å². The van der Waals surface area contributed by atoms with Crippen molar-refractivity contribution in [3.8, 4) is 0 Å². The van der Waals surface area contributed by atoms with Crippen LogP contribution in [0.4, 0.5) is 10.6 Å². The number of nitrogens with one attached hydrogen (secondary N) is 1. The zero-order chi connectivity index (χ0) is 26.9. The number of benzene rings is 2. The van der Waals surface area contributed by atoms with E-state index in [0.29, 0.717) is 30.0 Å². The monoisotopic (exact) mass is 519 g/mol. The second-order valence-electron chi connectivity index (χ2n) is 10.4. The summed E-state index contributed by atoms with van der Waals surface area (Å²) in [5.41, 5.74) is 2.25. The van der Waals surface area contributed by atoms with Crippen LogP contribution in [0, 0.1) is 12.3 Å². The summed E-state index contributed by atoms with van der Waals surface area (Å²) in [5, 5.41) is 2.47. The van der Waals surface area contributed by atoms with Gasteiger partial charge in [-0.2, -0.15) is 0 Å². The van der Waals surface area contributed by atoms with Gasteiger partial charge in [0.05, 0.1) is 18.2 Å². The smallest absolute Gasteiger partial charge is 0.331 e. The average molecular weight is 520 g/mol. The third-order valence-corrected chi connectivity index (χ3v) is 8.28. The number of pyridine rings is 1. The third kappa shape index (κ3) is 3.22. The molecule has 1 fully saturated rings. The van der Waals surface area contributed by atoms with Gasteiger partial charge in [0.15, 0.2) is 5.41 Å². The van der Waals surface area contributed by atoms with Crippen molar-refractivity contribution >= 4 is 29.3 Å². The Labute approximate surface area is 223 Å². The third-order valence-electron chi connectivity index (χ3n) is 8.28. The van der Waals surface area contributed by atoms with E-state index in [0.717, 1.165) is 27.2 Å². The molecule has 9 nitrogen and oxygen atoms in total. The van der Waals surface area contributed by atoms with E-state index in [-0.39, 0.29) is 18.5 Å². The number of fused-ring (bicyclic) bond motifs is 7. The molecule has 3 aliphatic rings. The van der Waals surface area contributed by atoms with E-state index in [1.54, 1.807) is 12.3 Å². The van der Waals surface area contributed by atoms with Gasteiger partial charge in [-0.05, 0) is 41.7 Å². The number of nitrogens with zero attached hydrogens (tertiary/aromatic N) is 4. The van der Waals surface area contributed by atoms with Crippen molar-refractivity contribution in [3.05, 3.63) is 111 Å². The molecule has 1 saturated heterocycles. The molecule has 0 radical (unpaired) electrons. The zero-order valence-electron chi connectivity index (χ0n) is 21.3. The van der Waals surface area contributed by atoms with Crippen LogP contribution in [0.15, 0.2) is 77.7 Å².